The van der Waals surface area contributed by atoms with E-state index in [2.05, 4.69) is 21.2 Å². The van der Waals surface area contributed by atoms with Crippen LogP contribution in [0.25, 0.3) is 0 Å². The van der Waals surface area contributed by atoms with Crippen molar-refractivity contribution in [2.24, 2.45) is 0 Å². The second kappa shape index (κ2) is 15.3. The lowest BCUT2D eigenvalue weighted by molar-refractivity contribution is -0.140. The molecule has 0 heterocycles. The number of carbonyl (C=O) groups is 2. The molecule has 1 atom stereocenters. The number of benzene rings is 4. The number of anilines is 1. The fourth-order valence-corrected chi connectivity index (χ4v) is 7.96. The summed E-state index contributed by atoms with van der Waals surface area (Å²) in [5.74, 6) is -0.767. The number of hydrogen-bond donors (Lipinski definition) is 1. The highest BCUT2D eigenvalue weighted by molar-refractivity contribution is 9.10. The van der Waals surface area contributed by atoms with Crippen LogP contribution >= 0.6 is 27.5 Å². The molecule has 1 aliphatic carbocycles. The van der Waals surface area contributed by atoms with E-state index < -0.39 is 28.5 Å². The Labute approximate surface area is 284 Å². The van der Waals surface area contributed by atoms with E-state index >= 15 is 0 Å². The van der Waals surface area contributed by atoms with Gasteiger partial charge in [-0.15, -0.1) is 0 Å². The van der Waals surface area contributed by atoms with Gasteiger partial charge in [-0.25, -0.2) is 8.42 Å². The summed E-state index contributed by atoms with van der Waals surface area (Å²) >= 11 is 9.99. The van der Waals surface area contributed by atoms with E-state index in [0.29, 0.717) is 16.3 Å². The number of carbonyl (C=O) groups excluding carboxylic acids is 2. The standard InChI is InChI=1S/C36H37BrClN3O4S/c1-26-32(38)20-11-21-33(26)41(46(44,45)31-18-6-3-7-19-31)25-35(42)40(24-28-14-10-15-29(37)22-28)34(23-27-12-4-2-5-13-27)36(43)39-30-16-8-9-17-30/h2-7,10-15,18-22,30,34H,8-9,16-17,23-25H2,1H3,(H,39,43)/t34-/m1/s1. The maximum atomic E-state index is 14.7. The monoisotopic (exact) mass is 721 g/mol. The van der Waals surface area contributed by atoms with Crippen molar-refractivity contribution in [2.45, 2.75) is 62.6 Å². The summed E-state index contributed by atoms with van der Waals surface area (Å²) in [5.41, 5.74) is 2.50. The Hall–Kier alpha value is -3.66. The number of nitrogens with one attached hydrogen (secondary N) is 1. The van der Waals surface area contributed by atoms with Crippen LogP contribution in [0.4, 0.5) is 5.69 Å². The number of nitrogens with zero attached hydrogens (tertiary/aromatic N) is 2. The van der Waals surface area contributed by atoms with E-state index in [0.717, 1.165) is 45.6 Å². The summed E-state index contributed by atoms with van der Waals surface area (Å²) in [5, 5.41) is 3.57. The van der Waals surface area contributed by atoms with Gasteiger partial charge in [0.1, 0.15) is 12.6 Å². The Morgan fingerprint density at radius 3 is 2.20 bits per heavy atom. The fraction of sp³-hybridized carbons (Fsp3) is 0.278. The van der Waals surface area contributed by atoms with E-state index in [1.807, 2.05) is 54.6 Å². The summed E-state index contributed by atoms with van der Waals surface area (Å²) < 4.78 is 30.4. The van der Waals surface area contributed by atoms with Crippen molar-refractivity contribution in [3.05, 3.63) is 129 Å². The molecule has 5 rings (SSSR count). The molecule has 240 valence electrons. The Morgan fingerprint density at radius 1 is 0.891 bits per heavy atom. The van der Waals surface area contributed by atoms with Crippen LogP contribution in [0.5, 0.6) is 0 Å². The topological polar surface area (TPSA) is 86.8 Å². The first kappa shape index (κ1) is 33.7. The van der Waals surface area contributed by atoms with E-state index in [4.69, 9.17) is 11.6 Å². The first-order valence-electron chi connectivity index (χ1n) is 15.3. The minimum Gasteiger partial charge on any atom is -0.352 e. The lowest BCUT2D eigenvalue weighted by Crippen LogP contribution is -2.54. The molecule has 0 radical (unpaired) electrons. The second-order valence-corrected chi connectivity index (χ2v) is 14.7. The molecular weight excluding hydrogens is 686 g/mol. The minimum atomic E-state index is -4.21. The SMILES string of the molecule is Cc1c(Cl)cccc1N(CC(=O)N(Cc1cccc(Br)c1)[C@H](Cc1ccccc1)C(=O)NC1CCCC1)S(=O)(=O)c1ccccc1. The molecule has 10 heteroatoms. The molecule has 0 aromatic heterocycles. The van der Waals surface area contributed by atoms with Crippen LogP contribution in [0.1, 0.15) is 42.4 Å². The van der Waals surface area contributed by atoms with Crippen molar-refractivity contribution in [3.63, 3.8) is 0 Å². The quantitative estimate of drug-likeness (QED) is 0.166. The molecule has 4 aromatic carbocycles. The van der Waals surface area contributed by atoms with Crippen LogP contribution in [0, 0.1) is 6.92 Å². The maximum absolute atomic E-state index is 14.7. The molecule has 1 aliphatic rings. The normalized spacial score (nSPS) is 14.1. The number of halogens is 2. The highest BCUT2D eigenvalue weighted by atomic mass is 79.9. The Morgan fingerprint density at radius 2 is 1.52 bits per heavy atom. The zero-order valence-electron chi connectivity index (χ0n) is 25.6. The Balaban J connectivity index is 1.59. The van der Waals surface area contributed by atoms with Gasteiger partial charge < -0.3 is 10.2 Å². The third kappa shape index (κ3) is 8.18. The van der Waals surface area contributed by atoms with Crippen molar-refractivity contribution in [1.82, 2.24) is 10.2 Å². The minimum absolute atomic E-state index is 0.0395. The van der Waals surface area contributed by atoms with Gasteiger partial charge in [0.2, 0.25) is 11.8 Å². The van der Waals surface area contributed by atoms with Gasteiger partial charge in [0.25, 0.3) is 10.0 Å². The van der Waals surface area contributed by atoms with E-state index in [1.165, 1.54) is 17.0 Å². The third-order valence-electron chi connectivity index (χ3n) is 8.33. The van der Waals surface area contributed by atoms with Gasteiger partial charge in [-0.1, -0.05) is 107 Å². The number of rotatable bonds is 12. The van der Waals surface area contributed by atoms with Gasteiger partial charge in [0.05, 0.1) is 10.6 Å². The van der Waals surface area contributed by atoms with Crippen LogP contribution in [0.2, 0.25) is 5.02 Å². The van der Waals surface area contributed by atoms with Crippen LogP contribution in [-0.2, 0) is 32.6 Å². The zero-order chi connectivity index (χ0) is 32.7. The van der Waals surface area contributed by atoms with Crippen molar-refractivity contribution in [3.8, 4) is 0 Å². The maximum Gasteiger partial charge on any atom is 0.264 e. The summed E-state index contributed by atoms with van der Waals surface area (Å²) in [6.07, 6.45) is 4.13. The molecular formula is C36H37BrClN3O4S. The average molecular weight is 723 g/mol. The summed E-state index contributed by atoms with van der Waals surface area (Å²) in [4.78, 5) is 30.3. The molecule has 7 nitrogen and oxygen atoms in total. The largest absolute Gasteiger partial charge is 0.352 e. The van der Waals surface area contributed by atoms with Gasteiger partial charge in [0.15, 0.2) is 0 Å². The van der Waals surface area contributed by atoms with Crippen molar-refractivity contribution < 1.29 is 18.0 Å². The van der Waals surface area contributed by atoms with Crippen molar-refractivity contribution in [2.75, 3.05) is 10.8 Å². The van der Waals surface area contributed by atoms with Gasteiger partial charge >= 0.3 is 0 Å². The van der Waals surface area contributed by atoms with Gasteiger partial charge in [-0.3, -0.25) is 13.9 Å². The second-order valence-electron chi connectivity index (χ2n) is 11.6. The van der Waals surface area contributed by atoms with Gasteiger partial charge in [-0.05, 0) is 72.9 Å². The predicted molar refractivity (Wildman–Crippen MR) is 186 cm³/mol. The highest BCUT2D eigenvalue weighted by Crippen LogP contribution is 2.31. The molecule has 0 saturated heterocycles. The third-order valence-corrected chi connectivity index (χ3v) is 11.0. The number of sulfonamides is 1. The molecule has 1 saturated carbocycles. The van der Waals surface area contributed by atoms with Gasteiger partial charge in [-0.2, -0.15) is 0 Å². The summed E-state index contributed by atoms with van der Waals surface area (Å²) in [6, 6.07) is 29.2. The van der Waals surface area contributed by atoms with Crippen LogP contribution in [0.15, 0.2) is 112 Å². The Kier molecular flexibility index (Phi) is 11.2. The zero-order valence-corrected chi connectivity index (χ0v) is 28.8. The first-order valence-corrected chi connectivity index (χ1v) is 18.0. The molecule has 0 aliphatic heterocycles. The first-order chi connectivity index (χ1) is 22.1. The van der Waals surface area contributed by atoms with Crippen LogP contribution in [-0.4, -0.2) is 43.8 Å². The molecule has 1 N–H and O–H groups in total. The van der Waals surface area contributed by atoms with E-state index in [1.54, 1.807) is 43.3 Å². The van der Waals surface area contributed by atoms with Crippen LogP contribution in [0.3, 0.4) is 0 Å². The molecule has 0 spiro atoms. The van der Waals surface area contributed by atoms with Crippen molar-refractivity contribution >= 4 is 55.1 Å². The molecule has 2 amide bonds. The fourth-order valence-electron chi connectivity index (χ4n) is 5.85. The van der Waals surface area contributed by atoms with E-state index in [9.17, 15) is 18.0 Å². The summed E-state index contributed by atoms with van der Waals surface area (Å²) in [7, 11) is -4.21. The molecule has 0 unspecified atom stereocenters. The molecule has 46 heavy (non-hydrogen) atoms. The lowest BCUT2D eigenvalue weighted by atomic mass is 10.0. The van der Waals surface area contributed by atoms with Gasteiger partial charge in [0, 0.05) is 28.5 Å². The average Bonchev–Trinajstić information content (AvgIpc) is 3.57. The molecule has 1 fully saturated rings. The molecule has 4 aromatic rings. The van der Waals surface area contributed by atoms with E-state index in [-0.39, 0.29) is 29.8 Å². The smallest absolute Gasteiger partial charge is 0.264 e. The summed E-state index contributed by atoms with van der Waals surface area (Å²) in [6.45, 7) is 1.29. The Bertz CT molecular complexity index is 1770. The number of amides is 2. The number of hydrogen-bond acceptors (Lipinski definition) is 4. The predicted octanol–water partition coefficient (Wildman–Crippen LogP) is 7.31. The van der Waals surface area contributed by atoms with Crippen LogP contribution < -0.4 is 9.62 Å². The van der Waals surface area contributed by atoms with Crippen molar-refractivity contribution in [1.29, 1.82) is 0 Å². The lowest BCUT2D eigenvalue weighted by Gasteiger charge is -2.34. The molecule has 0 bridgehead atoms. The highest BCUT2D eigenvalue weighted by Gasteiger charge is 2.36.